The van der Waals surface area contributed by atoms with Crippen molar-refractivity contribution < 1.29 is 0 Å². The molecule has 0 saturated carbocycles. The van der Waals surface area contributed by atoms with Crippen molar-refractivity contribution >= 4 is 0 Å². The molecule has 0 aliphatic heterocycles. The Morgan fingerprint density at radius 3 is 2.33 bits per heavy atom. The Bertz CT molecular complexity index is 375. The fraction of sp³-hybridized carbons (Fsp3) is 0.846. The molecule has 0 saturated heterocycles. The van der Waals surface area contributed by atoms with E-state index in [1.165, 1.54) is 0 Å². The van der Waals surface area contributed by atoms with E-state index in [-0.39, 0.29) is 11.0 Å². The monoisotopic (exact) mass is 253 g/mol. The van der Waals surface area contributed by atoms with Crippen LogP contribution in [0, 0.1) is 5.41 Å². The first-order valence-electron chi connectivity index (χ1n) is 6.44. The molecule has 5 nitrogen and oxygen atoms in total. The number of nitrogens with two attached hydrogens (primary N) is 1. The van der Waals surface area contributed by atoms with Gasteiger partial charge in [-0.05, 0) is 39.8 Å². The third-order valence-corrected chi connectivity index (χ3v) is 2.91. The van der Waals surface area contributed by atoms with Gasteiger partial charge < -0.3 is 5.73 Å². The Labute approximate surface area is 110 Å². The molecule has 0 aliphatic carbocycles. The molecule has 1 rings (SSSR count). The Hall–Kier alpha value is -0.940. The largest absolute Gasteiger partial charge is 0.330 e. The number of nitrogens with zero attached hydrogens (tertiary/aromatic N) is 4. The summed E-state index contributed by atoms with van der Waals surface area (Å²) < 4.78 is 1.91. The van der Waals surface area contributed by atoms with Gasteiger partial charge >= 0.3 is 0 Å². The molecule has 1 heterocycles. The minimum atomic E-state index is -0.0135. The van der Waals surface area contributed by atoms with Crippen molar-refractivity contribution in [3.63, 3.8) is 0 Å². The highest BCUT2D eigenvalue weighted by Crippen LogP contribution is 2.16. The van der Waals surface area contributed by atoms with Crippen molar-refractivity contribution in [1.29, 1.82) is 0 Å². The molecule has 1 aromatic rings. The highest BCUT2D eigenvalue weighted by Gasteiger charge is 2.20. The molecular weight excluding hydrogens is 226 g/mol. The summed E-state index contributed by atoms with van der Waals surface area (Å²) in [4.78, 5) is 2.24. The van der Waals surface area contributed by atoms with Crippen LogP contribution in [-0.2, 0) is 12.1 Å². The van der Waals surface area contributed by atoms with Crippen LogP contribution >= 0.6 is 0 Å². The molecule has 18 heavy (non-hydrogen) atoms. The van der Waals surface area contributed by atoms with E-state index < -0.39 is 0 Å². The lowest BCUT2D eigenvalue weighted by Crippen LogP contribution is -2.36. The Balaban J connectivity index is 2.60. The second kappa shape index (κ2) is 5.36. The number of hydrogen-bond acceptors (Lipinski definition) is 4. The summed E-state index contributed by atoms with van der Waals surface area (Å²) in [6, 6.07) is 0. The highest BCUT2D eigenvalue weighted by molar-refractivity contribution is 4.94. The number of aromatic nitrogens is 3. The molecule has 0 amide bonds. The quantitative estimate of drug-likeness (QED) is 0.863. The first-order chi connectivity index (χ1) is 8.14. The fourth-order valence-electron chi connectivity index (χ4n) is 1.83. The van der Waals surface area contributed by atoms with Crippen molar-refractivity contribution in [3.05, 3.63) is 11.9 Å². The number of hydrogen-bond donors (Lipinski definition) is 1. The zero-order chi connectivity index (χ0) is 14.0. The summed E-state index contributed by atoms with van der Waals surface area (Å²) in [5.41, 5.74) is 6.87. The molecule has 0 aliphatic rings. The topological polar surface area (TPSA) is 60.0 Å². The smallest absolute Gasteiger partial charge is 0.0967 e. The van der Waals surface area contributed by atoms with Crippen LogP contribution in [0.1, 0.15) is 40.3 Å². The Morgan fingerprint density at radius 2 is 1.89 bits per heavy atom. The highest BCUT2D eigenvalue weighted by atomic mass is 15.4. The van der Waals surface area contributed by atoms with E-state index in [1.807, 2.05) is 10.9 Å². The zero-order valence-electron chi connectivity index (χ0n) is 12.6. The van der Waals surface area contributed by atoms with Crippen molar-refractivity contribution in [2.45, 2.75) is 46.7 Å². The normalized spacial score (nSPS) is 13.3. The molecule has 104 valence electrons. The van der Waals surface area contributed by atoms with Crippen LogP contribution in [-0.4, -0.2) is 40.0 Å². The van der Waals surface area contributed by atoms with E-state index in [1.54, 1.807) is 0 Å². The minimum Gasteiger partial charge on any atom is -0.330 e. The van der Waals surface area contributed by atoms with Crippen LogP contribution < -0.4 is 5.73 Å². The van der Waals surface area contributed by atoms with Gasteiger partial charge in [-0.2, -0.15) is 0 Å². The summed E-state index contributed by atoms with van der Waals surface area (Å²) in [6.45, 7) is 13.1. The predicted octanol–water partition coefficient (Wildman–Crippen LogP) is 1.45. The van der Waals surface area contributed by atoms with E-state index in [2.05, 4.69) is 56.9 Å². The maximum absolute atomic E-state index is 5.75. The first-order valence-corrected chi connectivity index (χ1v) is 6.44. The molecule has 0 fully saturated rings. The molecule has 0 atom stereocenters. The molecule has 5 heteroatoms. The molecule has 1 aromatic heterocycles. The summed E-state index contributed by atoms with van der Waals surface area (Å²) in [6.07, 6.45) is 2.02. The van der Waals surface area contributed by atoms with Gasteiger partial charge in [0.25, 0.3) is 0 Å². The molecule has 0 unspecified atom stereocenters. The zero-order valence-corrected chi connectivity index (χ0v) is 12.6. The van der Waals surface area contributed by atoms with Crippen LogP contribution in [0.5, 0.6) is 0 Å². The molecule has 0 spiro atoms. The first kappa shape index (κ1) is 15.1. The molecule has 2 N–H and O–H groups in total. The average molecular weight is 253 g/mol. The van der Waals surface area contributed by atoms with Gasteiger partial charge in [0.2, 0.25) is 0 Å². The van der Waals surface area contributed by atoms with Gasteiger partial charge in [0.15, 0.2) is 0 Å². The fourth-order valence-corrected chi connectivity index (χ4v) is 1.83. The maximum Gasteiger partial charge on any atom is 0.0967 e. The maximum atomic E-state index is 5.75. The van der Waals surface area contributed by atoms with Gasteiger partial charge in [0, 0.05) is 13.1 Å². The lowest BCUT2D eigenvalue weighted by atomic mass is 9.93. The van der Waals surface area contributed by atoms with Crippen molar-refractivity contribution in [1.82, 2.24) is 19.9 Å². The van der Waals surface area contributed by atoms with Crippen LogP contribution in [0.2, 0.25) is 0 Å². The van der Waals surface area contributed by atoms with Crippen molar-refractivity contribution in [2.75, 3.05) is 20.1 Å². The van der Waals surface area contributed by atoms with E-state index in [0.29, 0.717) is 6.54 Å². The summed E-state index contributed by atoms with van der Waals surface area (Å²) in [5, 5.41) is 8.39. The van der Waals surface area contributed by atoms with Gasteiger partial charge in [-0.15, -0.1) is 5.10 Å². The van der Waals surface area contributed by atoms with Gasteiger partial charge in [-0.3, -0.25) is 4.90 Å². The summed E-state index contributed by atoms with van der Waals surface area (Å²) in [5.74, 6) is 0. The van der Waals surface area contributed by atoms with E-state index in [0.717, 1.165) is 18.8 Å². The van der Waals surface area contributed by atoms with Gasteiger partial charge in [-0.1, -0.05) is 19.1 Å². The van der Waals surface area contributed by atoms with Crippen LogP contribution in [0.3, 0.4) is 0 Å². The second-order valence-corrected chi connectivity index (χ2v) is 6.87. The second-order valence-electron chi connectivity index (χ2n) is 6.87. The molecule has 0 radical (unpaired) electrons. The average Bonchev–Trinajstić information content (AvgIpc) is 2.64. The van der Waals surface area contributed by atoms with Crippen LogP contribution in [0.4, 0.5) is 0 Å². The molecule has 0 aromatic carbocycles. The van der Waals surface area contributed by atoms with Gasteiger partial charge in [-0.25, -0.2) is 4.68 Å². The van der Waals surface area contributed by atoms with Gasteiger partial charge in [0.1, 0.15) is 0 Å². The standard InChI is InChI=1S/C13H27N5/c1-12(2,3)18-8-11(15-16-18)7-17(6)10-13(4,5)9-14/h8H,7,9-10,14H2,1-6H3. The Morgan fingerprint density at radius 1 is 1.28 bits per heavy atom. The summed E-state index contributed by atoms with van der Waals surface area (Å²) in [7, 11) is 2.09. The third-order valence-electron chi connectivity index (χ3n) is 2.91. The van der Waals surface area contributed by atoms with E-state index in [4.69, 9.17) is 5.73 Å². The summed E-state index contributed by atoms with van der Waals surface area (Å²) >= 11 is 0. The molecule has 0 bridgehead atoms. The van der Waals surface area contributed by atoms with Crippen LogP contribution in [0.25, 0.3) is 0 Å². The number of rotatable bonds is 5. The van der Waals surface area contributed by atoms with Gasteiger partial charge in [0.05, 0.1) is 17.4 Å². The van der Waals surface area contributed by atoms with Crippen molar-refractivity contribution in [2.24, 2.45) is 11.1 Å². The van der Waals surface area contributed by atoms with Crippen LogP contribution in [0.15, 0.2) is 6.20 Å². The predicted molar refractivity (Wildman–Crippen MR) is 74.2 cm³/mol. The van der Waals surface area contributed by atoms with E-state index in [9.17, 15) is 0 Å². The lowest BCUT2D eigenvalue weighted by Gasteiger charge is -2.28. The Kier molecular flexibility index (Phi) is 4.50. The lowest BCUT2D eigenvalue weighted by molar-refractivity contribution is 0.208. The third kappa shape index (κ3) is 4.38. The molecular formula is C13H27N5. The van der Waals surface area contributed by atoms with E-state index >= 15 is 0 Å². The minimum absolute atomic E-state index is 0.0135. The van der Waals surface area contributed by atoms with Crippen molar-refractivity contribution in [3.8, 4) is 0 Å². The SMILES string of the molecule is CN(Cc1cn(C(C)(C)C)nn1)CC(C)(C)CN.